The molecule has 0 spiro atoms. The number of aliphatic imine (C=N–C) groups is 2. The number of carbonyl (C=O) groups excluding carboxylic acids is 1. The van der Waals surface area contributed by atoms with Gasteiger partial charge in [-0.25, -0.2) is 4.99 Å². The van der Waals surface area contributed by atoms with Crippen LogP contribution < -0.4 is 0 Å². The summed E-state index contributed by atoms with van der Waals surface area (Å²) in [6.45, 7) is 4.60. The molecular weight excluding hydrogens is 334 g/mol. The summed E-state index contributed by atoms with van der Waals surface area (Å²) in [6.07, 6.45) is 0.723. The summed E-state index contributed by atoms with van der Waals surface area (Å²) in [5, 5.41) is 8.20. The Morgan fingerprint density at radius 2 is 1.96 bits per heavy atom. The maximum Gasteiger partial charge on any atom is 0.284 e. The van der Waals surface area contributed by atoms with Crippen LogP contribution in [-0.4, -0.2) is 62.4 Å². The molecule has 0 saturated carbocycles. The van der Waals surface area contributed by atoms with E-state index in [0.717, 1.165) is 38.4 Å². The second-order valence-electron chi connectivity index (χ2n) is 6.08. The van der Waals surface area contributed by atoms with Crippen LogP contribution in [0, 0.1) is 0 Å². The van der Waals surface area contributed by atoms with Crippen molar-refractivity contribution in [2.24, 2.45) is 20.2 Å². The SMILES string of the molecule is O=C1N=CN=C2N=NC(C(OCCN3CCOCC3)c3ccccc3)=C12. The molecule has 0 aromatic heterocycles. The molecule has 1 atom stereocenters. The maximum absolute atomic E-state index is 12.2. The first-order chi connectivity index (χ1) is 12.8. The summed E-state index contributed by atoms with van der Waals surface area (Å²) >= 11 is 0. The van der Waals surface area contributed by atoms with Crippen molar-refractivity contribution in [2.45, 2.75) is 6.10 Å². The average molecular weight is 353 g/mol. The molecule has 0 aliphatic carbocycles. The van der Waals surface area contributed by atoms with Gasteiger partial charge in [0.1, 0.15) is 23.7 Å². The van der Waals surface area contributed by atoms with Crippen LogP contribution in [0.25, 0.3) is 0 Å². The average Bonchev–Trinajstić information content (AvgIpc) is 3.12. The number of amides is 1. The van der Waals surface area contributed by atoms with E-state index in [0.29, 0.717) is 23.7 Å². The van der Waals surface area contributed by atoms with Gasteiger partial charge >= 0.3 is 0 Å². The molecule has 1 amide bonds. The summed E-state index contributed by atoms with van der Waals surface area (Å²) in [6, 6.07) is 9.70. The van der Waals surface area contributed by atoms with Gasteiger partial charge in [-0.1, -0.05) is 30.3 Å². The van der Waals surface area contributed by atoms with Crippen molar-refractivity contribution in [1.82, 2.24) is 4.90 Å². The van der Waals surface area contributed by atoms with Crippen molar-refractivity contribution in [3.63, 3.8) is 0 Å². The number of rotatable bonds is 6. The highest BCUT2D eigenvalue weighted by molar-refractivity contribution is 6.27. The van der Waals surface area contributed by atoms with Crippen LogP contribution in [0.5, 0.6) is 0 Å². The summed E-state index contributed by atoms with van der Waals surface area (Å²) in [5.41, 5.74) is 1.71. The van der Waals surface area contributed by atoms with E-state index in [1.165, 1.54) is 6.34 Å². The van der Waals surface area contributed by atoms with E-state index < -0.39 is 6.10 Å². The van der Waals surface area contributed by atoms with E-state index in [9.17, 15) is 4.79 Å². The molecule has 1 unspecified atom stereocenters. The fourth-order valence-electron chi connectivity index (χ4n) is 3.08. The number of azo groups is 1. The van der Waals surface area contributed by atoms with Crippen molar-refractivity contribution in [1.29, 1.82) is 0 Å². The van der Waals surface area contributed by atoms with Gasteiger partial charge in [0.05, 0.1) is 19.8 Å². The highest BCUT2D eigenvalue weighted by Crippen LogP contribution is 2.34. The molecule has 8 nitrogen and oxygen atoms in total. The van der Waals surface area contributed by atoms with Gasteiger partial charge < -0.3 is 9.47 Å². The van der Waals surface area contributed by atoms with Crippen molar-refractivity contribution in [2.75, 3.05) is 39.5 Å². The molecule has 0 bridgehead atoms. The largest absolute Gasteiger partial charge is 0.379 e. The third-order valence-corrected chi connectivity index (χ3v) is 4.45. The van der Waals surface area contributed by atoms with E-state index in [1.54, 1.807) is 0 Å². The number of carbonyl (C=O) groups is 1. The predicted molar refractivity (Wildman–Crippen MR) is 95.2 cm³/mol. The Hall–Kier alpha value is -2.55. The van der Waals surface area contributed by atoms with Crippen LogP contribution in [0.15, 0.2) is 61.8 Å². The van der Waals surface area contributed by atoms with E-state index in [-0.39, 0.29) is 5.91 Å². The quantitative estimate of drug-likeness (QED) is 0.780. The maximum atomic E-state index is 12.2. The van der Waals surface area contributed by atoms with Gasteiger partial charge in [-0.05, 0) is 5.56 Å². The fraction of sp³-hybridized carbons (Fsp3) is 0.389. The Labute approximate surface area is 150 Å². The van der Waals surface area contributed by atoms with Crippen LogP contribution >= 0.6 is 0 Å². The Bertz CT molecular complexity index is 794. The summed E-state index contributed by atoms with van der Waals surface area (Å²) in [5.74, 6) is -0.0783. The third kappa shape index (κ3) is 3.52. The van der Waals surface area contributed by atoms with Crippen LogP contribution in [0.2, 0.25) is 0 Å². The number of benzene rings is 1. The Morgan fingerprint density at radius 3 is 2.77 bits per heavy atom. The number of amidine groups is 1. The van der Waals surface area contributed by atoms with Crippen molar-refractivity contribution in [3.8, 4) is 0 Å². The van der Waals surface area contributed by atoms with Gasteiger partial charge in [0.2, 0.25) is 0 Å². The van der Waals surface area contributed by atoms with Crippen molar-refractivity contribution in [3.05, 3.63) is 47.2 Å². The number of nitrogens with zero attached hydrogens (tertiary/aromatic N) is 5. The molecule has 1 aromatic rings. The molecule has 1 fully saturated rings. The molecule has 4 rings (SSSR count). The summed E-state index contributed by atoms with van der Waals surface area (Å²) in [7, 11) is 0. The lowest BCUT2D eigenvalue weighted by Gasteiger charge is -2.27. The molecule has 1 aromatic carbocycles. The lowest BCUT2D eigenvalue weighted by atomic mass is 10.0. The monoisotopic (exact) mass is 353 g/mol. The zero-order valence-corrected chi connectivity index (χ0v) is 14.2. The van der Waals surface area contributed by atoms with E-state index in [1.807, 2.05) is 30.3 Å². The van der Waals surface area contributed by atoms with Crippen molar-refractivity contribution >= 4 is 18.1 Å². The summed E-state index contributed by atoms with van der Waals surface area (Å²) in [4.78, 5) is 22.3. The molecule has 3 aliphatic heterocycles. The first kappa shape index (κ1) is 16.9. The number of morpholine rings is 1. The van der Waals surface area contributed by atoms with Crippen LogP contribution in [0.1, 0.15) is 11.7 Å². The lowest BCUT2D eigenvalue weighted by Crippen LogP contribution is -2.38. The smallest absolute Gasteiger partial charge is 0.284 e. The zero-order chi connectivity index (χ0) is 17.8. The number of ether oxygens (including phenoxy) is 2. The molecule has 3 heterocycles. The van der Waals surface area contributed by atoms with E-state index in [4.69, 9.17) is 9.47 Å². The molecule has 0 radical (unpaired) electrons. The van der Waals surface area contributed by atoms with Gasteiger partial charge in [-0.3, -0.25) is 9.69 Å². The molecular formula is C18H19N5O3. The van der Waals surface area contributed by atoms with E-state index in [2.05, 4.69) is 25.1 Å². The normalized spacial score (nSPS) is 21.1. The molecule has 1 saturated heterocycles. The topological polar surface area (TPSA) is 88.2 Å². The van der Waals surface area contributed by atoms with Gasteiger partial charge in [-0.2, -0.15) is 4.99 Å². The number of fused-ring (bicyclic) bond motifs is 1. The highest BCUT2D eigenvalue weighted by atomic mass is 16.5. The van der Waals surface area contributed by atoms with Crippen LogP contribution in [0.4, 0.5) is 0 Å². The fourth-order valence-corrected chi connectivity index (χ4v) is 3.08. The minimum absolute atomic E-state index is 0.303. The Morgan fingerprint density at radius 1 is 1.15 bits per heavy atom. The molecule has 3 aliphatic rings. The second-order valence-corrected chi connectivity index (χ2v) is 6.08. The van der Waals surface area contributed by atoms with Crippen LogP contribution in [-0.2, 0) is 14.3 Å². The Kier molecular flexibility index (Phi) is 5.05. The minimum atomic E-state index is -0.485. The number of hydrogen-bond acceptors (Lipinski definition) is 7. The molecule has 0 N–H and O–H groups in total. The van der Waals surface area contributed by atoms with Gasteiger partial charge in [0.15, 0.2) is 5.84 Å². The first-order valence-corrected chi connectivity index (χ1v) is 8.60. The van der Waals surface area contributed by atoms with Crippen molar-refractivity contribution < 1.29 is 14.3 Å². The minimum Gasteiger partial charge on any atom is -0.379 e. The molecule has 8 heteroatoms. The predicted octanol–water partition coefficient (Wildman–Crippen LogP) is 1.76. The number of hydrogen-bond donors (Lipinski definition) is 0. The summed E-state index contributed by atoms with van der Waals surface area (Å²) < 4.78 is 11.5. The molecule has 26 heavy (non-hydrogen) atoms. The molecule has 134 valence electrons. The van der Waals surface area contributed by atoms with Gasteiger partial charge in [-0.15, -0.1) is 10.2 Å². The van der Waals surface area contributed by atoms with Gasteiger partial charge in [0.25, 0.3) is 5.91 Å². The van der Waals surface area contributed by atoms with E-state index >= 15 is 0 Å². The lowest BCUT2D eigenvalue weighted by molar-refractivity contribution is -0.114. The zero-order valence-electron chi connectivity index (χ0n) is 14.2. The second kappa shape index (κ2) is 7.77. The standard InChI is InChI=1S/C18H19N5O3/c24-18-14-15(21-22-17(14)19-12-20-18)16(13-4-2-1-3-5-13)26-11-8-23-6-9-25-10-7-23/h1-5,12,16H,6-11H2. The van der Waals surface area contributed by atoms with Gasteiger partial charge in [0, 0.05) is 19.6 Å². The highest BCUT2D eigenvalue weighted by Gasteiger charge is 2.33. The third-order valence-electron chi connectivity index (χ3n) is 4.45. The first-order valence-electron chi connectivity index (χ1n) is 8.60. The van der Waals surface area contributed by atoms with Crippen LogP contribution in [0.3, 0.4) is 0 Å². The Balaban J connectivity index is 1.55.